The Bertz CT molecular complexity index is 301. The van der Waals surface area contributed by atoms with E-state index in [1.807, 2.05) is 14.0 Å². The van der Waals surface area contributed by atoms with Crippen LogP contribution in [0.15, 0.2) is 0 Å². The van der Waals surface area contributed by atoms with Crippen molar-refractivity contribution >= 4 is 30.7 Å². The second-order valence-electron chi connectivity index (χ2n) is 6.50. The molecule has 5 nitrogen and oxygen atoms in total. The predicted octanol–water partition coefficient (Wildman–Crippen LogP) is 1.12. The van der Waals surface area contributed by atoms with E-state index in [2.05, 4.69) is 4.90 Å². The van der Waals surface area contributed by atoms with Crippen molar-refractivity contribution in [2.24, 2.45) is 11.7 Å². The van der Waals surface area contributed by atoms with E-state index >= 15 is 0 Å². The van der Waals surface area contributed by atoms with E-state index < -0.39 is 5.54 Å². The van der Waals surface area contributed by atoms with Gasteiger partial charge >= 0.3 is 0 Å². The molecule has 1 atom stereocenters. The fourth-order valence-electron chi connectivity index (χ4n) is 2.69. The summed E-state index contributed by atoms with van der Waals surface area (Å²) in [6.07, 6.45) is 1.89. The fraction of sp³-hybridized carbons (Fsp3) is 0.929. The molecule has 0 aromatic heterocycles. The van der Waals surface area contributed by atoms with Crippen LogP contribution in [0.2, 0.25) is 0 Å². The number of aliphatic hydroxyl groups excluding tert-OH is 1. The Balaban J connectivity index is 0. The number of hydrogen-bond acceptors (Lipinski definition) is 4. The Kier molecular flexibility index (Phi) is 10.9. The zero-order valence-electron chi connectivity index (χ0n) is 13.5. The molecule has 0 aromatic carbocycles. The van der Waals surface area contributed by atoms with Crippen molar-refractivity contribution < 1.29 is 9.90 Å². The van der Waals surface area contributed by atoms with Gasteiger partial charge in [-0.2, -0.15) is 0 Å². The largest absolute Gasteiger partial charge is 0.392 e. The second kappa shape index (κ2) is 9.85. The second-order valence-corrected chi connectivity index (χ2v) is 6.50. The summed E-state index contributed by atoms with van der Waals surface area (Å²) < 4.78 is 0. The number of likely N-dealkylation sites (N-methyl/N-ethyl adjacent to an activating group) is 1. The Morgan fingerprint density at radius 3 is 2.24 bits per heavy atom. The van der Waals surface area contributed by atoms with Gasteiger partial charge in [0.25, 0.3) is 0 Å². The quantitative estimate of drug-likeness (QED) is 0.784. The number of nitrogens with zero attached hydrogens (tertiary/aromatic N) is 2. The third kappa shape index (κ3) is 8.21. The summed E-state index contributed by atoms with van der Waals surface area (Å²) >= 11 is 0. The van der Waals surface area contributed by atoms with Crippen molar-refractivity contribution in [2.75, 3.05) is 33.2 Å². The van der Waals surface area contributed by atoms with Gasteiger partial charge < -0.3 is 20.6 Å². The predicted molar refractivity (Wildman–Crippen MR) is 91.2 cm³/mol. The first-order chi connectivity index (χ1) is 8.70. The van der Waals surface area contributed by atoms with Gasteiger partial charge in [-0.1, -0.05) is 0 Å². The first-order valence-electron chi connectivity index (χ1n) is 7.15. The van der Waals surface area contributed by atoms with Gasteiger partial charge in [-0.05, 0) is 52.6 Å². The molecule has 0 saturated carbocycles. The third-order valence-electron chi connectivity index (χ3n) is 3.66. The van der Waals surface area contributed by atoms with E-state index in [1.165, 1.54) is 0 Å². The summed E-state index contributed by atoms with van der Waals surface area (Å²) in [6.45, 7) is 8.85. The van der Waals surface area contributed by atoms with Crippen LogP contribution in [-0.2, 0) is 4.79 Å². The Morgan fingerprint density at radius 2 is 1.86 bits per heavy atom. The van der Waals surface area contributed by atoms with Crippen molar-refractivity contribution in [3.63, 3.8) is 0 Å². The van der Waals surface area contributed by atoms with Crippen molar-refractivity contribution in [1.82, 2.24) is 9.80 Å². The minimum atomic E-state index is -0.790. The summed E-state index contributed by atoms with van der Waals surface area (Å²) in [7, 11) is 1.83. The number of nitrogens with two attached hydrogens (primary N) is 1. The maximum absolute atomic E-state index is 12.0. The van der Waals surface area contributed by atoms with Crippen molar-refractivity contribution in [2.45, 2.75) is 45.3 Å². The summed E-state index contributed by atoms with van der Waals surface area (Å²) in [4.78, 5) is 16.1. The Labute approximate surface area is 141 Å². The van der Waals surface area contributed by atoms with Gasteiger partial charge in [0, 0.05) is 20.1 Å². The lowest BCUT2D eigenvalue weighted by Crippen LogP contribution is -2.51. The van der Waals surface area contributed by atoms with Crippen LogP contribution in [0.4, 0.5) is 0 Å². The van der Waals surface area contributed by atoms with Crippen molar-refractivity contribution in [1.29, 1.82) is 0 Å². The maximum atomic E-state index is 12.0. The van der Waals surface area contributed by atoms with Crippen LogP contribution in [0.1, 0.15) is 33.6 Å². The van der Waals surface area contributed by atoms with E-state index in [9.17, 15) is 9.90 Å². The highest BCUT2D eigenvalue weighted by molar-refractivity contribution is 5.85. The first-order valence-corrected chi connectivity index (χ1v) is 7.15. The lowest BCUT2D eigenvalue weighted by Gasteiger charge is -2.35. The normalized spacial score (nSPS) is 18.4. The van der Waals surface area contributed by atoms with E-state index in [0.29, 0.717) is 5.92 Å². The number of β-amino-alcohol motifs (C(OH)–C–C–N with tert-alkyl or cyclic N) is 1. The van der Waals surface area contributed by atoms with Gasteiger partial charge in [0.05, 0.1) is 11.6 Å². The number of hydrogen-bond donors (Lipinski definition) is 2. The molecule has 21 heavy (non-hydrogen) atoms. The van der Waals surface area contributed by atoms with Crippen LogP contribution < -0.4 is 5.73 Å². The molecule has 0 aromatic rings. The molecular formula is C14H31Cl2N3O2. The number of aliphatic hydroxyl groups is 1. The third-order valence-corrected chi connectivity index (χ3v) is 3.66. The van der Waals surface area contributed by atoms with Crippen LogP contribution in [-0.4, -0.2) is 65.7 Å². The molecule has 3 N–H and O–H groups in total. The van der Waals surface area contributed by atoms with Gasteiger partial charge in [-0.3, -0.25) is 4.79 Å². The molecule has 128 valence electrons. The molecule has 1 rings (SSSR count). The standard InChI is InChI=1S/C14H29N3O2.2ClH/c1-11(18)9-17-7-5-12(6-8-17)10-16(4)13(19)14(2,3)15;;/h11-12,18H,5-10,15H2,1-4H3;2*1H. The monoisotopic (exact) mass is 343 g/mol. The number of piperidine rings is 1. The molecule has 1 aliphatic heterocycles. The average Bonchev–Trinajstić information content (AvgIpc) is 2.28. The van der Waals surface area contributed by atoms with E-state index in [0.717, 1.165) is 39.0 Å². The molecule has 1 fully saturated rings. The summed E-state index contributed by atoms with van der Waals surface area (Å²) in [5.41, 5.74) is 5.04. The van der Waals surface area contributed by atoms with Gasteiger partial charge in [0.2, 0.25) is 5.91 Å². The molecule has 1 heterocycles. The molecule has 1 amide bonds. The lowest BCUT2D eigenvalue weighted by atomic mass is 9.95. The van der Waals surface area contributed by atoms with Crippen LogP contribution in [0.25, 0.3) is 0 Å². The highest BCUT2D eigenvalue weighted by Gasteiger charge is 2.28. The van der Waals surface area contributed by atoms with Crippen LogP contribution in [0.3, 0.4) is 0 Å². The molecule has 0 bridgehead atoms. The number of amides is 1. The van der Waals surface area contributed by atoms with E-state index in [1.54, 1.807) is 18.7 Å². The number of rotatable bonds is 5. The zero-order chi connectivity index (χ0) is 14.6. The van der Waals surface area contributed by atoms with Crippen LogP contribution in [0.5, 0.6) is 0 Å². The van der Waals surface area contributed by atoms with Crippen molar-refractivity contribution in [3.8, 4) is 0 Å². The number of halogens is 2. The van der Waals surface area contributed by atoms with E-state index in [-0.39, 0.29) is 36.8 Å². The Hall–Kier alpha value is -0.0700. The SMILES string of the molecule is CC(O)CN1CCC(CN(C)C(=O)C(C)(C)N)CC1.Cl.Cl. The van der Waals surface area contributed by atoms with Crippen LogP contribution >= 0.6 is 24.8 Å². The highest BCUT2D eigenvalue weighted by Crippen LogP contribution is 2.19. The summed E-state index contributed by atoms with van der Waals surface area (Å²) in [5.74, 6) is 0.542. The fourth-order valence-corrected chi connectivity index (χ4v) is 2.69. The molecule has 1 unspecified atom stereocenters. The molecular weight excluding hydrogens is 313 g/mol. The highest BCUT2D eigenvalue weighted by atomic mass is 35.5. The Morgan fingerprint density at radius 1 is 1.38 bits per heavy atom. The minimum Gasteiger partial charge on any atom is -0.392 e. The van der Waals surface area contributed by atoms with Gasteiger partial charge in [0.1, 0.15) is 0 Å². The summed E-state index contributed by atoms with van der Waals surface area (Å²) in [6, 6.07) is 0. The summed E-state index contributed by atoms with van der Waals surface area (Å²) in [5, 5.41) is 9.37. The average molecular weight is 344 g/mol. The topological polar surface area (TPSA) is 69.8 Å². The van der Waals surface area contributed by atoms with Gasteiger partial charge in [-0.25, -0.2) is 0 Å². The first kappa shape index (κ1) is 23.2. The van der Waals surface area contributed by atoms with Gasteiger partial charge in [-0.15, -0.1) is 24.8 Å². The maximum Gasteiger partial charge on any atom is 0.241 e. The number of carbonyl (C=O) groups is 1. The van der Waals surface area contributed by atoms with E-state index in [4.69, 9.17) is 5.73 Å². The zero-order valence-corrected chi connectivity index (χ0v) is 15.2. The molecule has 7 heteroatoms. The molecule has 1 saturated heterocycles. The number of likely N-dealkylation sites (tertiary alicyclic amines) is 1. The molecule has 0 aliphatic carbocycles. The smallest absolute Gasteiger partial charge is 0.241 e. The molecule has 0 spiro atoms. The number of carbonyl (C=O) groups excluding carboxylic acids is 1. The van der Waals surface area contributed by atoms with Crippen molar-refractivity contribution in [3.05, 3.63) is 0 Å². The lowest BCUT2D eigenvalue weighted by molar-refractivity contribution is -0.135. The molecule has 1 aliphatic rings. The van der Waals surface area contributed by atoms with Gasteiger partial charge in [0.15, 0.2) is 0 Å². The molecule has 0 radical (unpaired) electrons. The van der Waals surface area contributed by atoms with Crippen LogP contribution in [0, 0.1) is 5.92 Å². The minimum absolute atomic E-state index is 0.